The van der Waals surface area contributed by atoms with Gasteiger partial charge < -0.3 is 23.7 Å². The highest BCUT2D eigenvalue weighted by atomic mass is 32.1. The van der Waals surface area contributed by atoms with Gasteiger partial charge in [0.2, 0.25) is 6.79 Å². The van der Waals surface area contributed by atoms with Crippen molar-refractivity contribution in [1.82, 2.24) is 4.57 Å². The molecule has 3 aromatic carbocycles. The molecular weight excluding hydrogens is 544 g/mol. The molecular formula is C31H26N2O7S. The Balaban J connectivity index is 1.63. The van der Waals surface area contributed by atoms with E-state index < -0.39 is 12.0 Å². The third-order valence-electron chi connectivity index (χ3n) is 6.79. The zero-order valence-corrected chi connectivity index (χ0v) is 23.4. The maximum atomic E-state index is 14.1. The lowest BCUT2D eigenvalue weighted by atomic mass is 9.93. The number of carbonyl (C=O) groups is 1. The smallest absolute Gasteiger partial charge is 0.338 e. The van der Waals surface area contributed by atoms with Crippen molar-refractivity contribution in [2.24, 2.45) is 4.99 Å². The quantitative estimate of drug-likeness (QED) is 0.313. The molecule has 0 amide bonds. The Morgan fingerprint density at radius 3 is 2.56 bits per heavy atom. The largest absolute Gasteiger partial charge is 0.493 e. The van der Waals surface area contributed by atoms with Gasteiger partial charge in [-0.05, 0) is 48.4 Å². The summed E-state index contributed by atoms with van der Waals surface area (Å²) in [6, 6.07) is 19.4. The van der Waals surface area contributed by atoms with Gasteiger partial charge in [-0.1, -0.05) is 53.8 Å². The lowest BCUT2D eigenvalue weighted by molar-refractivity contribution is -0.138. The normalized spacial score (nSPS) is 15.8. The molecule has 0 bridgehead atoms. The first kappa shape index (κ1) is 26.4. The van der Waals surface area contributed by atoms with Gasteiger partial charge in [-0.15, -0.1) is 0 Å². The van der Waals surface area contributed by atoms with Crippen LogP contribution < -0.4 is 33.8 Å². The van der Waals surface area contributed by atoms with Crippen molar-refractivity contribution in [2.45, 2.75) is 13.0 Å². The van der Waals surface area contributed by atoms with E-state index >= 15 is 0 Å². The number of carbonyl (C=O) groups excluding carboxylic acids is 1. The van der Waals surface area contributed by atoms with Crippen LogP contribution in [0.4, 0.5) is 0 Å². The van der Waals surface area contributed by atoms with Gasteiger partial charge >= 0.3 is 5.97 Å². The van der Waals surface area contributed by atoms with E-state index in [1.807, 2.05) is 54.6 Å². The van der Waals surface area contributed by atoms with Crippen LogP contribution in [-0.2, 0) is 9.53 Å². The van der Waals surface area contributed by atoms with Gasteiger partial charge in [-0.2, -0.15) is 0 Å². The number of methoxy groups -OCH3 is 2. The van der Waals surface area contributed by atoms with E-state index in [0.717, 1.165) is 11.1 Å². The molecule has 0 spiro atoms. The van der Waals surface area contributed by atoms with E-state index in [0.29, 0.717) is 43.6 Å². The second kappa shape index (κ2) is 11.0. The molecule has 0 radical (unpaired) electrons. The molecule has 3 heterocycles. The first-order chi connectivity index (χ1) is 20.0. The number of thiazole rings is 1. The Labute approximate surface area is 239 Å². The van der Waals surface area contributed by atoms with Crippen LogP contribution in [0.3, 0.4) is 0 Å². The molecule has 0 fully saturated rings. The van der Waals surface area contributed by atoms with E-state index in [9.17, 15) is 9.59 Å². The summed E-state index contributed by atoms with van der Waals surface area (Å²) in [5, 5.41) is 0. The third-order valence-corrected chi connectivity index (χ3v) is 7.77. The Hall–Kier alpha value is -4.83. The number of rotatable bonds is 7. The van der Waals surface area contributed by atoms with Gasteiger partial charge in [0.15, 0.2) is 27.8 Å². The van der Waals surface area contributed by atoms with Crippen LogP contribution in [0.5, 0.6) is 23.0 Å². The molecule has 0 saturated heterocycles. The fourth-order valence-corrected chi connectivity index (χ4v) is 5.93. The van der Waals surface area contributed by atoms with Crippen LogP contribution in [0.2, 0.25) is 0 Å². The van der Waals surface area contributed by atoms with Gasteiger partial charge in [0, 0.05) is 5.56 Å². The van der Waals surface area contributed by atoms with Gasteiger partial charge in [0.1, 0.15) is 0 Å². The van der Waals surface area contributed by atoms with Crippen molar-refractivity contribution in [2.75, 3.05) is 27.6 Å². The maximum Gasteiger partial charge on any atom is 0.338 e. The Bertz CT molecular complexity index is 1860. The number of ether oxygens (including phenoxy) is 5. The number of fused-ring (bicyclic) bond motifs is 2. The summed E-state index contributed by atoms with van der Waals surface area (Å²) in [6.07, 6.45) is 1.79. The number of nitrogens with zero attached hydrogens (tertiary/aromatic N) is 2. The van der Waals surface area contributed by atoms with Crippen molar-refractivity contribution in [3.05, 3.63) is 109 Å². The number of aromatic nitrogens is 1. The standard InChI is InChI=1S/C31H26N2O7S/c1-4-38-30(35)26-27(19-8-6-5-7-9-19)32-31-33(28(26)20-11-13-21(36-2)23(16-20)37-3)29(34)25(41-31)15-18-10-12-22-24(14-18)40-17-39-22/h5-16,28H,4,17H2,1-3H3/b25-15+/t28-/m1/s1. The summed E-state index contributed by atoms with van der Waals surface area (Å²) in [5.41, 5.74) is 2.56. The van der Waals surface area contributed by atoms with Crippen molar-refractivity contribution in [3.63, 3.8) is 0 Å². The molecule has 10 heteroatoms. The first-order valence-corrected chi connectivity index (χ1v) is 13.7. The highest BCUT2D eigenvalue weighted by Gasteiger charge is 2.35. The summed E-state index contributed by atoms with van der Waals surface area (Å²) < 4.78 is 29.5. The van der Waals surface area contributed by atoms with Crippen molar-refractivity contribution in [3.8, 4) is 23.0 Å². The van der Waals surface area contributed by atoms with Gasteiger partial charge in [0.05, 0.1) is 42.7 Å². The monoisotopic (exact) mass is 570 g/mol. The zero-order valence-electron chi connectivity index (χ0n) is 22.6. The molecule has 9 nitrogen and oxygen atoms in total. The van der Waals surface area contributed by atoms with Crippen LogP contribution >= 0.6 is 11.3 Å². The molecule has 4 aromatic rings. The van der Waals surface area contributed by atoms with E-state index in [1.54, 1.807) is 36.8 Å². The van der Waals surface area contributed by atoms with Crippen molar-refractivity contribution >= 4 is 29.1 Å². The molecule has 2 aliphatic heterocycles. The minimum Gasteiger partial charge on any atom is -0.493 e. The molecule has 2 aliphatic rings. The maximum absolute atomic E-state index is 14.1. The van der Waals surface area contributed by atoms with E-state index in [-0.39, 0.29) is 24.5 Å². The van der Waals surface area contributed by atoms with Crippen LogP contribution in [0, 0.1) is 0 Å². The number of esters is 1. The molecule has 208 valence electrons. The minimum atomic E-state index is -0.834. The highest BCUT2D eigenvalue weighted by molar-refractivity contribution is 7.07. The van der Waals surface area contributed by atoms with E-state index in [4.69, 9.17) is 28.7 Å². The fourth-order valence-electron chi connectivity index (χ4n) is 4.93. The Kier molecular flexibility index (Phi) is 7.07. The van der Waals surface area contributed by atoms with E-state index in [1.165, 1.54) is 18.4 Å². The van der Waals surface area contributed by atoms with E-state index in [2.05, 4.69) is 0 Å². The summed E-state index contributed by atoms with van der Waals surface area (Å²) in [7, 11) is 3.09. The SMILES string of the molecule is CCOC(=O)C1=C(c2ccccc2)N=c2s/c(=C/c3ccc4c(c3)OCO4)c(=O)n2[C@@H]1c1ccc(OC)c(OC)c1. The second-order valence-corrected chi connectivity index (χ2v) is 10.2. The van der Waals surface area contributed by atoms with Crippen LogP contribution in [0.1, 0.15) is 29.7 Å². The predicted octanol–water partition coefficient (Wildman–Crippen LogP) is 3.68. The van der Waals surface area contributed by atoms with Crippen LogP contribution in [0.15, 0.2) is 82.1 Å². The topological polar surface area (TPSA) is 97.6 Å². The number of hydrogen-bond donors (Lipinski definition) is 0. The minimum absolute atomic E-state index is 0.158. The third kappa shape index (κ3) is 4.76. The van der Waals surface area contributed by atoms with Crippen LogP contribution in [-0.4, -0.2) is 38.2 Å². The zero-order chi connectivity index (χ0) is 28.5. The second-order valence-electron chi connectivity index (χ2n) is 9.16. The summed E-state index contributed by atoms with van der Waals surface area (Å²) >= 11 is 1.25. The molecule has 0 N–H and O–H groups in total. The summed E-state index contributed by atoms with van der Waals surface area (Å²) in [6.45, 7) is 2.06. The summed E-state index contributed by atoms with van der Waals surface area (Å²) in [4.78, 5) is 33.0. The average Bonchev–Trinajstić information content (AvgIpc) is 3.60. The fraction of sp³-hybridized carbons (Fsp3) is 0.194. The van der Waals surface area contributed by atoms with Crippen LogP contribution in [0.25, 0.3) is 11.8 Å². The number of hydrogen-bond acceptors (Lipinski definition) is 9. The lowest BCUT2D eigenvalue weighted by Gasteiger charge is -2.26. The molecule has 1 atom stereocenters. The molecule has 1 aromatic heterocycles. The molecule has 0 saturated carbocycles. The van der Waals surface area contributed by atoms with Gasteiger partial charge in [-0.25, -0.2) is 9.79 Å². The van der Waals surface area contributed by atoms with Crippen molar-refractivity contribution in [1.29, 1.82) is 0 Å². The average molecular weight is 571 g/mol. The number of benzene rings is 3. The van der Waals surface area contributed by atoms with Gasteiger partial charge in [-0.3, -0.25) is 9.36 Å². The highest BCUT2D eigenvalue weighted by Crippen LogP contribution is 2.38. The Morgan fingerprint density at radius 1 is 1.02 bits per heavy atom. The first-order valence-electron chi connectivity index (χ1n) is 12.9. The Morgan fingerprint density at radius 2 is 1.80 bits per heavy atom. The summed E-state index contributed by atoms with van der Waals surface area (Å²) in [5.74, 6) is 1.71. The predicted molar refractivity (Wildman–Crippen MR) is 153 cm³/mol. The lowest BCUT2D eigenvalue weighted by Crippen LogP contribution is -2.40. The molecule has 0 aliphatic carbocycles. The molecule has 6 rings (SSSR count). The van der Waals surface area contributed by atoms with Gasteiger partial charge in [0.25, 0.3) is 5.56 Å². The molecule has 0 unspecified atom stereocenters. The molecule has 41 heavy (non-hydrogen) atoms. The van der Waals surface area contributed by atoms with Crippen molar-refractivity contribution < 1.29 is 28.5 Å².